The molecule has 3 aromatic carbocycles. The third-order valence-corrected chi connectivity index (χ3v) is 10.9. The van der Waals surface area contributed by atoms with E-state index in [0.29, 0.717) is 35.9 Å². The zero-order valence-electron chi connectivity index (χ0n) is 28.2. The van der Waals surface area contributed by atoms with Crippen molar-refractivity contribution in [3.63, 3.8) is 0 Å². The molecular weight excluding hydrogens is 604 g/mol. The first-order chi connectivity index (χ1) is 23.2. The van der Waals surface area contributed by atoms with E-state index >= 15 is 0 Å². The van der Waals surface area contributed by atoms with Gasteiger partial charge in [0.2, 0.25) is 0 Å². The van der Waals surface area contributed by atoms with Crippen LogP contribution in [-0.2, 0) is 17.7 Å². The molecule has 3 aliphatic rings. The van der Waals surface area contributed by atoms with Gasteiger partial charge in [0.15, 0.2) is 0 Å². The minimum absolute atomic E-state index is 0.114. The number of ether oxygens (including phenoxy) is 3. The lowest BCUT2D eigenvalue weighted by Gasteiger charge is -2.40. The molecule has 3 N–H and O–H groups in total. The number of imidazole rings is 1. The second-order valence-electron chi connectivity index (χ2n) is 14.3. The Labute approximate surface area is 280 Å². The number of benzene rings is 3. The summed E-state index contributed by atoms with van der Waals surface area (Å²) in [4.78, 5) is 22.5. The number of rotatable bonds is 7. The minimum atomic E-state index is -1.09. The average molecular weight is 649 g/mol. The van der Waals surface area contributed by atoms with Crippen LogP contribution < -0.4 is 19.5 Å². The van der Waals surface area contributed by atoms with Gasteiger partial charge in [-0.2, -0.15) is 0 Å². The number of hydrogen-bond acceptors (Lipinski definition) is 6. The van der Waals surface area contributed by atoms with Crippen molar-refractivity contribution in [2.45, 2.75) is 88.8 Å². The fourth-order valence-corrected chi connectivity index (χ4v) is 8.19. The maximum atomic E-state index is 14.1. The van der Waals surface area contributed by atoms with Crippen LogP contribution in [-0.4, -0.2) is 46.4 Å². The zero-order chi connectivity index (χ0) is 33.2. The van der Waals surface area contributed by atoms with Crippen molar-refractivity contribution in [2.75, 3.05) is 20.8 Å². The smallest absolute Gasteiger partial charge is 0.252 e. The van der Waals surface area contributed by atoms with Crippen LogP contribution in [0.2, 0.25) is 0 Å². The van der Waals surface area contributed by atoms with Gasteiger partial charge in [-0.3, -0.25) is 4.79 Å². The molecule has 2 saturated carbocycles. The summed E-state index contributed by atoms with van der Waals surface area (Å²) in [6, 6.07) is 16.1. The number of H-pyrrole nitrogens is 1. The Morgan fingerprint density at radius 2 is 1.85 bits per heavy atom. The Kier molecular flexibility index (Phi) is 7.43. The van der Waals surface area contributed by atoms with Crippen molar-refractivity contribution >= 4 is 27.8 Å². The molecule has 9 nitrogen and oxygen atoms in total. The molecular formula is C39H44N4O5. The summed E-state index contributed by atoms with van der Waals surface area (Å²) < 4.78 is 19.8. The fraction of sp³-hybridized carbons (Fsp3) is 0.436. The summed E-state index contributed by atoms with van der Waals surface area (Å²) in [7, 11) is 3.28. The minimum Gasteiger partial charge on any atom is -0.497 e. The Balaban J connectivity index is 1.18. The van der Waals surface area contributed by atoms with E-state index in [1.165, 1.54) is 48.7 Å². The highest BCUT2D eigenvalue weighted by Gasteiger charge is 2.43. The van der Waals surface area contributed by atoms with Crippen molar-refractivity contribution in [1.29, 1.82) is 0 Å². The summed E-state index contributed by atoms with van der Waals surface area (Å²) in [6.45, 7) is 4.70. The number of hydrogen-bond donors (Lipinski definition) is 3. The molecule has 0 atom stereocenters. The molecule has 1 aliphatic heterocycles. The van der Waals surface area contributed by atoms with E-state index in [2.05, 4.69) is 33.1 Å². The lowest BCUT2D eigenvalue weighted by molar-refractivity contribution is 0.0757. The first-order valence-corrected chi connectivity index (χ1v) is 17.3. The van der Waals surface area contributed by atoms with E-state index in [1.54, 1.807) is 28.1 Å². The molecule has 0 unspecified atom stereocenters. The number of amides is 1. The SMILES string of the molecule is COc1ccc2c(c1)OCCn1c-2c(C2CCCCC2)c2ccc(C(=O)NC3(c4nc5cc(C(C)(C)O)c(OC)cc5[nH]4)CCC3)cc21. The van der Waals surface area contributed by atoms with Crippen molar-refractivity contribution in [2.24, 2.45) is 0 Å². The third kappa shape index (κ3) is 5.02. The molecule has 1 amide bonds. The van der Waals surface area contributed by atoms with Crippen LogP contribution >= 0.6 is 0 Å². The number of aromatic amines is 1. The molecule has 2 aromatic heterocycles. The number of nitrogens with one attached hydrogen (secondary N) is 2. The molecule has 2 fully saturated rings. The van der Waals surface area contributed by atoms with Crippen LogP contribution in [0.3, 0.4) is 0 Å². The molecule has 250 valence electrons. The second kappa shape index (κ2) is 11.6. The number of aromatic nitrogens is 3. The van der Waals surface area contributed by atoms with Gasteiger partial charge in [-0.25, -0.2) is 4.98 Å². The molecule has 0 saturated heterocycles. The Morgan fingerprint density at radius 1 is 1.04 bits per heavy atom. The Morgan fingerprint density at radius 3 is 2.56 bits per heavy atom. The van der Waals surface area contributed by atoms with Crippen LogP contribution in [0.4, 0.5) is 0 Å². The summed E-state index contributed by atoms with van der Waals surface area (Å²) >= 11 is 0. The van der Waals surface area contributed by atoms with Crippen LogP contribution in [0.25, 0.3) is 33.2 Å². The van der Waals surface area contributed by atoms with Crippen molar-refractivity contribution in [1.82, 2.24) is 19.9 Å². The van der Waals surface area contributed by atoms with Crippen molar-refractivity contribution in [3.8, 4) is 28.5 Å². The van der Waals surface area contributed by atoms with Gasteiger partial charge in [0.1, 0.15) is 29.7 Å². The molecule has 3 heterocycles. The molecule has 0 radical (unpaired) electrons. The summed E-state index contributed by atoms with van der Waals surface area (Å²) in [5, 5.41) is 15.4. The molecule has 9 heteroatoms. The maximum absolute atomic E-state index is 14.1. The largest absolute Gasteiger partial charge is 0.497 e. The number of carbonyl (C=O) groups is 1. The van der Waals surface area contributed by atoms with Gasteiger partial charge in [-0.05, 0) is 87.8 Å². The van der Waals surface area contributed by atoms with E-state index < -0.39 is 11.1 Å². The first-order valence-electron chi connectivity index (χ1n) is 17.3. The lowest BCUT2D eigenvalue weighted by atomic mass is 9.76. The maximum Gasteiger partial charge on any atom is 0.252 e. The molecule has 5 aromatic rings. The Hall–Kier alpha value is -4.50. The number of carbonyl (C=O) groups excluding carboxylic acids is 1. The topological polar surface area (TPSA) is 111 Å². The highest BCUT2D eigenvalue weighted by atomic mass is 16.5. The predicted octanol–water partition coefficient (Wildman–Crippen LogP) is 7.68. The molecule has 0 spiro atoms. The van der Waals surface area contributed by atoms with Gasteiger partial charge in [0, 0.05) is 39.7 Å². The average Bonchev–Trinajstić information content (AvgIpc) is 3.58. The van der Waals surface area contributed by atoms with Crippen LogP contribution in [0, 0.1) is 0 Å². The number of fused-ring (bicyclic) bond motifs is 6. The lowest BCUT2D eigenvalue weighted by Crippen LogP contribution is -2.51. The molecule has 0 bridgehead atoms. The van der Waals surface area contributed by atoms with Gasteiger partial charge in [-0.15, -0.1) is 0 Å². The quantitative estimate of drug-likeness (QED) is 0.167. The number of nitrogens with zero attached hydrogens (tertiary/aromatic N) is 2. The molecule has 48 heavy (non-hydrogen) atoms. The van der Waals surface area contributed by atoms with Gasteiger partial charge in [0.25, 0.3) is 5.91 Å². The molecule has 2 aliphatic carbocycles. The zero-order valence-corrected chi connectivity index (χ0v) is 28.2. The van der Waals surface area contributed by atoms with Crippen molar-refractivity contribution < 1.29 is 24.1 Å². The monoisotopic (exact) mass is 648 g/mol. The summed E-state index contributed by atoms with van der Waals surface area (Å²) in [5.74, 6) is 3.30. The number of methoxy groups -OCH3 is 2. The van der Waals surface area contributed by atoms with Gasteiger partial charge in [0.05, 0.1) is 48.6 Å². The number of aliphatic hydroxyl groups is 1. The van der Waals surface area contributed by atoms with Crippen LogP contribution in [0.15, 0.2) is 48.5 Å². The van der Waals surface area contributed by atoms with Crippen molar-refractivity contribution in [3.05, 3.63) is 71.0 Å². The second-order valence-corrected chi connectivity index (χ2v) is 14.3. The summed E-state index contributed by atoms with van der Waals surface area (Å²) in [6.07, 6.45) is 8.68. The predicted molar refractivity (Wildman–Crippen MR) is 186 cm³/mol. The van der Waals surface area contributed by atoms with E-state index in [0.717, 1.165) is 58.7 Å². The van der Waals surface area contributed by atoms with Crippen LogP contribution in [0.1, 0.15) is 98.4 Å². The standard InChI is InChI=1S/C39H44N4O5/c1-38(2,45)28-21-29-30(22-33(28)47-4)41-37(40-29)39(15-8-16-39)42-36(44)24-11-13-26-31(19-24)43-17-18-48-32-20-25(46-3)12-14-27(32)35(43)34(26)23-9-6-5-7-10-23/h11-14,19-23,45H,5-10,15-18H2,1-4H3,(H,40,41)(H,42,44). The van der Waals surface area contributed by atoms with Gasteiger partial charge in [-0.1, -0.05) is 25.3 Å². The highest BCUT2D eigenvalue weighted by Crippen LogP contribution is 2.48. The molecule has 8 rings (SSSR count). The van der Waals surface area contributed by atoms with E-state index in [9.17, 15) is 9.90 Å². The van der Waals surface area contributed by atoms with Gasteiger partial charge < -0.3 is 34.2 Å². The van der Waals surface area contributed by atoms with Crippen LogP contribution in [0.5, 0.6) is 17.2 Å². The third-order valence-electron chi connectivity index (χ3n) is 10.9. The summed E-state index contributed by atoms with van der Waals surface area (Å²) in [5.41, 5.74) is 5.90. The van der Waals surface area contributed by atoms with E-state index in [-0.39, 0.29) is 5.91 Å². The highest BCUT2D eigenvalue weighted by molar-refractivity contribution is 6.01. The van der Waals surface area contributed by atoms with E-state index in [1.807, 2.05) is 30.3 Å². The van der Waals surface area contributed by atoms with Gasteiger partial charge >= 0.3 is 0 Å². The first kappa shape index (κ1) is 30.8. The van der Waals surface area contributed by atoms with E-state index in [4.69, 9.17) is 19.2 Å². The Bertz CT molecular complexity index is 2040. The fourth-order valence-electron chi connectivity index (χ4n) is 8.19. The normalized spacial score (nSPS) is 17.6.